The Hall–Kier alpha value is -0.610. The van der Waals surface area contributed by atoms with Gasteiger partial charge in [-0.05, 0) is 26.2 Å². The van der Waals surface area contributed by atoms with Gasteiger partial charge in [-0.25, -0.2) is 0 Å². The monoisotopic (exact) mass is 202 g/mol. The van der Waals surface area contributed by atoms with Crippen LogP contribution in [0.5, 0.6) is 0 Å². The molecule has 1 fully saturated rings. The molecule has 1 unspecified atom stereocenters. The van der Waals surface area contributed by atoms with Crippen molar-refractivity contribution < 1.29 is 19.0 Å². The van der Waals surface area contributed by atoms with Crippen LogP contribution in [-0.4, -0.2) is 32.1 Å². The lowest BCUT2D eigenvalue weighted by atomic mass is 10.2. The van der Waals surface area contributed by atoms with Crippen LogP contribution in [0.25, 0.3) is 0 Å². The Morgan fingerprint density at radius 3 is 2.93 bits per heavy atom. The first-order valence-corrected chi connectivity index (χ1v) is 5.06. The number of methoxy groups -OCH3 is 1. The van der Waals surface area contributed by atoms with E-state index in [4.69, 9.17) is 9.47 Å². The zero-order valence-corrected chi connectivity index (χ0v) is 8.82. The second-order valence-electron chi connectivity index (χ2n) is 3.52. The van der Waals surface area contributed by atoms with Crippen molar-refractivity contribution in [3.05, 3.63) is 0 Å². The van der Waals surface area contributed by atoms with Gasteiger partial charge in [0.2, 0.25) is 0 Å². The Morgan fingerprint density at radius 1 is 1.57 bits per heavy atom. The SMILES string of the molecule is COC(=O)C[C@@H](C)OC1CCCCO1. The Labute approximate surface area is 84.5 Å². The maximum atomic E-state index is 10.9. The standard InChI is InChI=1S/C10H18O4/c1-8(7-9(11)12-2)14-10-5-3-4-6-13-10/h8,10H,3-7H2,1-2H3/t8-,10?/m1/s1. The molecule has 0 aromatic rings. The highest BCUT2D eigenvalue weighted by molar-refractivity contribution is 5.69. The van der Waals surface area contributed by atoms with Crippen LogP contribution in [0.1, 0.15) is 32.6 Å². The summed E-state index contributed by atoms with van der Waals surface area (Å²) in [7, 11) is 1.38. The summed E-state index contributed by atoms with van der Waals surface area (Å²) in [4.78, 5) is 10.9. The van der Waals surface area contributed by atoms with Crippen LogP contribution in [-0.2, 0) is 19.0 Å². The first-order valence-electron chi connectivity index (χ1n) is 5.06. The summed E-state index contributed by atoms with van der Waals surface area (Å²) >= 11 is 0. The summed E-state index contributed by atoms with van der Waals surface area (Å²) in [6.07, 6.45) is 3.18. The van der Waals surface area contributed by atoms with E-state index in [0.717, 1.165) is 25.9 Å². The number of carbonyl (C=O) groups is 1. The lowest BCUT2D eigenvalue weighted by Crippen LogP contribution is -2.28. The molecule has 1 aliphatic heterocycles. The van der Waals surface area contributed by atoms with Crippen molar-refractivity contribution in [2.24, 2.45) is 0 Å². The molecule has 1 aliphatic rings. The summed E-state index contributed by atoms with van der Waals surface area (Å²) in [6, 6.07) is 0. The van der Waals surface area contributed by atoms with E-state index in [1.165, 1.54) is 7.11 Å². The number of carbonyl (C=O) groups excluding carboxylic acids is 1. The van der Waals surface area contributed by atoms with E-state index in [2.05, 4.69) is 4.74 Å². The van der Waals surface area contributed by atoms with Crippen LogP contribution in [0.3, 0.4) is 0 Å². The predicted octanol–water partition coefficient (Wildman–Crippen LogP) is 1.48. The maximum Gasteiger partial charge on any atom is 0.308 e. The van der Waals surface area contributed by atoms with Crippen LogP contribution in [0.2, 0.25) is 0 Å². The molecule has 0 radical (unpaired) electrons. The van der Waals surface area contributed by atoms with Gasteiger partial charge in [-0.1, -0.05) is 0 Å². The molecule has 0 amide bonds. The highest BCUT2D eigenvalue weighted by atomic mass is 16.7. The predicted molar refractivity (Wildman–Crippen MR) is 50.8 cm³/mol. The van der Waals surface area contributed by atoms with Gasteiger partial charge in [0, 0.05) is 6.61 Å². The minimum atomic E-state index is -0.242. The Bertz CT molecular complexity index is 175. The van der Waals surface area contributed by atoms with Crippen LogP contribution in [0.15, 0.2) is 0 Å². The van der Waals surface area contributed by atoms with Crippen molar-refractivity contribution in [3.63, 3.8) is 0 Å². The summed E-state index contributed by atoms with van der Waals surface area (Å²) < 4.78 is 15.5. The molecule has 1 heterocycles. The van der Waals surface area contributed by atoms with Gasteiger partial charge in [0.15, 0.2) is 6.29 Å². The largest absolute Gasteiger partial charge is 0.469 e. The van der Waals surface area contributed by atoms with Gasteiger partial charge < -0.3 is 14.2 Å². The Morgan fingerprint density at radius 2 is 2.36 bits per heavy atom. The summed E-state index contributed by atoms with van der Waals surface area (Å²) in [6.45, 7) is 2.62. The van der Waals surface area contributed by atoms with E-state index in [0.29, 0.717) is 0 Å². The molecule has 0 aliphatic carbocycles. The zero-order valence-electron chi connectivity index (χ0n) is 8.82. The molecule has 0 aromatic carbocycles. The van der Waals surface area contributed by atoms with Gasteiger partial charge in [0.05, 0.1) is 19.6 Å². The van der Waals surface area contributed by atoms with Crippen molar-refractivity contribution in [2.45, 2.75) is 45.0 Å². The minimum Gasteiger partial charge on any atom is -0.469 e. The molecule has 82 valence electrons. The normalized spacial score (nSPS) is 24.3. The fourth-order valence-corrected chi connectivity index (χ4v) is 1.44. The van der Waals surface area contributed by atoms with Crippen molar-refractivity contribution in [1.82, 2.24) is 0 Å². The van der Waals surface area contributed by atoms with Crippen LogP contribution in [0.4, 0.5) is 0 Å². The number of hydrogen-bond donors (Lipinski definition) is 0. The summed E-state index contributed by atoms with van der Waals surface area (Å²) in [5.74, 6) is -0.242. The first kappa shape index (κ1) is 11.5. The molecule has 0 spiro atoms. The average molecular weight is 202 g/mol. The van der Waals surface area contributed by atoms with E-state index in [-0.39, 0.29) is 24.8 Å². The molecule has 0 bridgehead atoms. The third-order valence-corrected chi connectivity index (χ3v) is 2.20. The van der Waals surface area contributed by atoms with Gasteiger partial charge in [-0.15, -0.1) is 0 Å². The molecule has 1 saturated heterocycles. The number of ether oxygens (including phenoxy) is 3. The maximum absolute atomic E-state index is 10.9. The van der Waals surface area contributed by atoms with Crippen molar-refractivity contribution >= 4 is 5.97 Å². The second kappa shape index (κ2) is 5.98. The fraction of sp³-hybridized carbons (Fsp3) is 0.900. The van der Waals surface area contributed by atoms with Gasteiger partial charge in [-0.3, -0.25) is 4.79 Å². The third kappa shape index (κ3) is 4.07. The highest BCUT2D eigenvalue weighted by Gasteiger charge is 2.18. The van der Waals surface area contributed by atoms with E-state index in [1.54, 1.807) is 0 Å². The number of hydrogen-bond acceptors (Lipinski definition) is 4. The van der Waals surface area contributed by atoms with Crippen LogP contribution in [0, 0.1) is 0 Å². The van der Waals surface area contributed by atoms with Crippen molar-refractivity contribution in [1.29, 1.82) is 0 Å². The lowest BCUT2D eigenvalue weighted by molar-refractivity contribution is -0.188. The van der Waals surface area contributed by atoms with Gasteiger partial charge >= 0.3 is 5.97 Å². The van der Waals surface area contributed by atoms with Crippen LogP contribution >= 0.6 is 0 Å². The molecule has 1 rings (SSSR count). The van der Waals surface area contributed by atoms with Gasteiger partial charge in [-0.2, -0.15) is 0 Å². The Balaban J connectivity index is 2.18. The van der Waals surface area contributed by atoms with E-state index in [1.807, 2.05) is 6.92 Å². The Kier molecular flexibility index (Phi) is 4.90. The molecule has 4 heteroatoms. The molecular formula is C10H18O4. The topological polar surface area (TPSA) is 44.8 Å². The minimum absolute atomic E-state index is 0.134. The molecule has 0 aromatic heterocycles. The molecule has 4 nitrogen and oxygen atoms in total. The summed E-state index contributed by atoms with van der Waals surface area (Å²) in [5, 5.41) is 0. The van der Waals surface area contributed by atoms with E-state index >= 15 is 0 Å². The molecule has 0 N–H and O–H groups in total. The molecule has 2 atom stereocenters. The smallest absolute Gasteiger partial charge is 0.308 e. The average Bonchev–Trinajstić information content (AvgIpc) is 2.19. The van der Waals surface area contributed by atoms with Crippen LogP contribution < -0.4 is 0 Å². The highest BCUT2D eigenvalue weighted by Crippen LogP contribution is 2.16. The zero-order chi connectivity index (χ0) is 10.4. The quantitative estimate of drug-likeness (QED) is 0.648. The van der Waals surface area contributed by atoms with Gasteiger partial charge in [0.25, 0.3) is 0 Å². The van der Waals surface area contributed by atoms with E-state index < -0.39 is 0 Å². The first-order chi connectivity index (χ1) is 6.72. The fourth-order valence-electron chi connectivity index (χ4n) is 1.44. The lowest BCUT2D eigenvalue weighted by Gasteiger charge is -2.25. The summed E-state index contributed by atoms with van der Waals surface area (Å²) in [5.41, 5.74) is 0. The van der Waals surface area contributed by atoms with Gasteiger partial charge in [0.1, 0.15) is 0 Å². The molecule has 0 saturated carbocycles. The van der Waals surface area contributed by atoms with E-state index in [9.17, 15) is 4.79 Å². The van der Waals surface area contributed by atoms with Crippen molar-refractivity contribution in [2.75, 3.05) is 13.7 Å². The number of esters is 1. The third-order valence-electron chi connectivity index (χ3n) is 2.20. The number of rotatable bonds is 4. The van der Waals surface area contributed by atoms with Crippen molar-refractivity contribution in [3.8, 4) is 0 Å². The molecule has 14 heavy (non-hydrogen) atoms. The second-order valence-corrected chi connectivity index (χ2v) is 3.52. The molecular weight excluding hydrogens is 184 g/mol.